The molecule has 2 rings (SSSR count). The molecule has 1 fully saturated rings. The summed E-state index contributed by atoms with van der Waals surface area (Å²) in [4.78, 5) is 8.90. The van der Waals surface area contributed by atoms with Crippen LogP contribution >= 0.6 is 0 Å². The lowest BCUT2D eigenvalue weighted by atomic mass is 9.85. The molecule has 0 spiro atoms. The molecule has 118 valence electrons. The highest BCUT2D eigenvalue weighted by atomic mass is 19.4. The van der Waals surface area contributed by atoms with Crippen molar-refractivity contribution in [2.75, 3.05) is 23.4 Å². The van der Waals surface area contributed by atoms with E-state index in [-0.39, 0.29) is 17.1 Å². The molecular formula is C13H20F3N5. The van der Waals surface area contributed by atoms with Gasteiger partial charge in [-0.1, -0.05) is 13.8 Å². The number of nitrogens with one attached hydrogen (secondary N) is 1. The number of hydrogen-bond donors (Lipinski definition) is 2. The van der Waals surface area contributed by atoms with Crippen molar-refractivity contribution in [2.45, 2.75) is 39.3 Å². The zero-order chi connectivity index (χ0) is 15.7. The molecule has 1 saturated heterocycles. The third kappa shape index (κ3) is 3.96. The minimum Gasteiger partial charge on any atom is -0.356 e. The van der Waals surface area contributed by atoms with Crippen LogP contribution in [0.5, 0.6) is 0 Å². The second-order valence-electron chi connectivity index (χ2n) is 6.08. The highest BCUT2D eigenvalue weighted by Crippen LogP contribution is 2.33. The average molecular weight is 303 g/mol. The van der Waals surface area contributed by atoms with Crippen molar-refractivity contribution in [3.05, 3.63) is 11.9 Å². The lowest BCUT2D eigenvalue weighted by Gasteiger charge is -2.24. The molecule has 3 N–H and O–H groups in total. The van der Waals surface area contributed by atoms with Gasteiger partial charge in [-0.25, -0.2) is 15.8 Å². The van der Waals surface area contributed by atoms with Crippen LogP contribution in [0.4, 0.5) is 24.8 Å². The molecule has 0 saturated carbocycles. The molecule has 1 aliphatic rings. The standard InChI is InChI=1S/C13H20F3N5/c1-12(2)4-3-6-21(7-5-12)10-8-9(20-17)18-11(19-10)13(14,15)16/h8H,3-7,17H2,1-2H3,(H,18,19,20). The molecule has 0 radical (unpaired) electrons. The molecule has 21 heavy (non-hydrogen) atoms. The van der Waals surface area contributed by atoms with Crippen LogP contribution in [0.2, 0.25) is 0 Å². The summed E-state index contributed by atoms with van der Waals surface area (Å²) in [6.07, 6.45) is -1.72. The van der Waals surface area contributed by atoms with Crippen LogP contribution in [0.25, 0.3) is 0 Å². The minimum absolute atomic E-state index is 0.0316. The lowest BCUT2D eigenvalue weighted by molar-refractivity contribution is -0.144. The summed E-state index contributed by atoms with van der Waals surface area (Å²) in [5.41, 5.74) is 2.37. The number of aromatic nitrogens is 2. The Labute approximate surface area is 121 Å². The fourth-order valence-electron chi connectivity index (χ4n) is 2.45. The van der Waals surface area contributed by atoms with E-state index < -0.39 is 12.0 Å². The van der Waals surface area contributed by atoms with Gasteiger partial charge in [0.15, 0.2) is 0 Å². The Balaban J connectivity index is 2.30. The van der Waals surface area contributed by atoms with E-state index in [1.54, 1.807) is 0 Å². The van der Waals surface area contributed by atoms with Gasteiger partial charge in [0.05, 0.1) is 0 Å². The van der Waals surface area contributed by atoms with Crippen LogP contribution in [0, 0.1) is 5.41 Å². The second kappa shape index (κ2) is 5.67. The fourth-order valence-corrected chi connectivity index (χ4v) is 2.45. The van der Waals surface area contributed by atoms with Gasteiger partial charge in [-0.05, 0) is 24.7 Å². The predicted molar refractivity (Wildman–Crippen MR) is 74.7 cm³/mol. The number of nitrogen functional groups attached to an aromatic ring is 1. The monoisotopic (exact) mass is 303 g/mol. The number of hydrogen-bond acceptors (Lipinski definition) is 5. The van der Waals surface area contributed by atoms with E-state index in [0.717, 1.165) is 19.3 Å². The third-order valence-electron chi connectivity index (χ3n) is 3.78. The molecule has 0 unspecified atom stereocenters. The highest BCUT2D eigenvalue weighted by Gasteiger charge is 2.36. The van der Waals surface area contributed by atoms with E-state index in [2.05, 4.69) is 29.2 Å². The smallest absolute Gasteiger partial charge is 0.356 e. The first-order valence-electron chi connectivity index (χ1n) is 6.89. The largest absolute Gasteiger partial charge is 0.451 e. The molecule has 1 aromatic heterocycles. The van der Waals surface area contributed by atoms with Gasteiger partial charge in [0.1, 0.15) is 11.6 Å². The molecular weight excluding hydrogens is 283 g/mol. The number of halogens is 3. The van der Waals surface area contributed by atoms with Crippen molar-refractivity contribution in [3.8, 4) is 0 Å². The number of hydrazine groups is 1. The van der Waals surface area contributed by atoms with Crippen molar-refractivity contribution in [2.24, 2.45) is 11.3 Å². The van der Waals surface area contributed by atoms with E-state index >= 15 is 0 Å². The van der Waals surface area contributed by atoms with Crippen LogP contribution < -0.4 is 16.2 Å². The van der Waals surface area contributed by atoms with E-state index in [1.165, 1.54) is 6.07 Å². The van der Waals surface area contributed by atoms with Crippen molar-refractivity contribution in [1.82, 2.24) is 9.97 Å². The molecule has 1 aliphatic heterocycles. The summed E-state index contributed by atoms with van der Waals surface area (Å²) in [6, 6.07) is 1.45. The van der Waals surface area contributed by atoms with Crippen LogP contribution in [0.15, 0.2) is 6.07 Å². The molecule has 5 nitrogen and oxygen atoms in total. The number of alkyl halides is 3. The molecule has 2 heterocycles. The molecule has 0 atom stereocenters. The fraction of sp³-hybridized carbons (Fsp3) is 0.692. The van der Waals surface area contributed by atoms with Gasteiger partial charge in [0.25, 0.3) is 0 Å². The maximum Gasteiger partial charge on any atom is 0.451 e. The molecule has 1 aromatic rings. The predicted octanol–water partition coefficient (Wildman–Crippen LogP) is 2.80. The van der Waals surface area contributed by atoms with Gasteiger partial charge < -0.3 is 10.3 Å². The summed E-state index contributed by atoms with van der Waals surface area (Å²) in [5.74, 6) is 4.27. The zero-order valence-corrected chi connectivity index (χ0v) is 12.2. The maximum absolute atomic E-state index is 12.8. The number of anilines is 2. The molecule has 0 aliphatic carbocycles. The normalized spacial score (nSPS) is 19.2. The first-order chi connectivity index (χ1) is 9.71. The Bertz CT molecular complexity index is 501. The van der Waals surface area contributed by atoms with Gasteiger partial charge in [-0.2, -0.15) is 13.2 Å². The Morgan fingerprint density at radius 2 is 1.95 bits per heavy atom. The summed E-state index contributed by atoms with van der Waals surface area (Å²) in [5, 5.41) is 0. The number of nitrogens with zero attached hydrogens (tertiary/aromatic N) is 3. The Morgan fingerprint density at radius 3 is 2.57 bits per heavy atom. The summed E-state index contributed by atoms with van der Waals surface area (Å²) in [7, 11) is 0. The third-order valence-corrected chi connectivity index (χ3v) is 3.78. The van der Waals surface area contributed by atoms with E-state index in [0.29, 0.717) is 13.1 Å². The maximum atomic E-state index is 12.8. The Hall–Kier alpha value is -1.57. The first-order valence-corrected chi connectivity index (χ1v) is 6.89. The highest BCUT2D eigenvalue weighted by molar-refractivity contribution is 5.49. The van der Waals surface area contributed by atoms with Crippen molar-refractivity contribution in [3.63, 3.8) is 0 Å². The van der Waals surface area contributed by atoms with Crippen molar-refractivity contribution in [1.29, 1.82) is 0 Å². The van der Waals surface area contributed by atoms with Crippen LogP contribution in [0.3, 0.4) is 0 Å². The Kier molecular flexibility index (Phi) is 4.27. The summed E-state index contributed by atoms with van der Waals surface area (Å²) < 4.78 is 38.5. The van der Waals surface area contributed by atoms with Crippen LogP contribution in [0.1, 0.15) is 38.9 Å². The summed E-state index contributed by atoms with van der Waals surface area (Å²) >= 11 is 0. The van der Waals surface area contributed by atoms with Crippen LogP contribution in [-0.4, -0.2) is 23.1 Å². The van der Waals surface area contributed by atoms with Gasteiger partial charge in [-0.15, -0.1) is 0 Å². The topological polar surface area (TPSA) is 67.1 Å². The van der Waals surface area contributed by atoms with Crippen molar-refractivity contribution < 1.29 is 13.2 Å². The number of rotatable bonds is 2. The van der Waals surface area contributed by atoms with Gasteiger partial charge in [-0.3, -0.25) is 0 Å². The van der Waals surface area contributed by atoms with Crippen molar-refractivity contribution >= 4 is 11.6 Å². The molecule has 8 heteroatoms. The zero-order valence-electron chi connectivity index (χ0n) is 12.2. The van der Waals surface area contributed by atoms with Crippen LogP contribution in [-0.2, 0) is 6.18 Å². The van der Waals surface area contributed by atoms with E-state index in [4.69, 9.17) is 5.84 Å². The van der Waals surface area contributed by atoms with Gasteiger partial charge >= 0.3 is 6.18 Å². The minimum atomic E-state index is -4.59. The van der Waals surface area contributed by atoms with Gasteiger partial charge in [0.2, 0.25) is 5.82 Å². The quantitative estimate of drug-likeness (QED) is 0.649. The lowest BCUT2D eigenvalue weighted by Crippen LogP contribution is -2.28. The molecule has 0 aromatic carbocycles. The average Bonchev–Trinajstić information content (AvgIpc) is 2.58. The number of nitrogens with two attached hydrogens (primary N) is 1. The second-order valence-corrected chi connectivity index (χ2v) is 6.08. The molecule has 0 amide bonds. The van der Waals surface area contributed by atoms with E-state index in [1.807, 2.05) is 4.90 Å². The summed E-state index contributed by atoms with van der Waals surface area (Å²) in [6.45, 7) is 5.70. The Morgan fingerprint density at radius 1 is 1.24 bits per heavy atom. The first kappa shape index (κ1) is 15.8. The van der Waals surface area contributed by atoms with Gasteiger partial charge in [0, 0.05) is 19.2 Å². The SMILES string of the molecule is CC1(C)CCCN(c2cc(NN)nc(C(F)(F)F)n2)CC1. The molecule has 0 bridgehead atoms. The van der Waals surface area contributed by atoms with E-state index in [9.17, 15) is 13.2 Å².